The van der Waals surface area contributed by atoms with Gasteiger partial charge in [-0.25, -0.2) is 4.57 Å². The van der Waals surface area contributed by atoms with Crippen LogP contribution in [0, 0.1) is 5.92 Å². The summed E-state index contributed by atoms with van der Waals surface area (Å²) in [5, 5.41) is 0. The van der Waals surface area contributed by atoms with Crippen LogP contribution in [0.25, 0.3) is 0 Å². The minimum atomic E-state index is -4.26. The molecule has 1 atom stereocenters. The minimum Gasteiger partial charge on any atom is -0.813 e. The van der Waals surface area contributed by atoms with Crippen LogP contribution in [0.3, 0.4) is 0 Å². The summed E-state index contributed by atoms with van der Waals surface area (Å²) >= 11 is 0. The molecule has 0 fully saturated rings. The van der Waals surface area contributed by atoms with Gasteiger partial charge in [0.2, 0.25) is 0 Å². The van der Waals surface area contributed by atoms with Crippen LogP contribution in [0.1, 0.15) is 39.5 Å². The average molecular weight is 372 g/mol. The monoisotopic (exact) mass is 374 g/mol. The third kappa shape index (κ3) is 17.9. The largest absolute Gasteiger partial charge is 2.00 e. The Morgan fingerprint density at radius 2 is 1.75 bits per heavy atom. The van der Waals surface area contributed by atoms with Gasteiger partial charge in [-0.05, 0) is 12.3 Å². The molecule has 0 saturated heterocycles. The molecule has 0 spiro atoms. The van der Waals surface area contributed by atoms with E-state index in [2.05, 4.69) is 11.4 Å². The molecule has 0 bridgehead atoms. The molecule has 0 amide bonds. The van der Waals surface area contributed by atoms with Gasteiger partial charge in [-0.2, -0.15) is 0 Å². The Hall–Kier alpha value is 1.50. The van der Waals surface area contributed by atoms with Crippen LogP contribution < -0.4 is 0 Å². The van der Waals surface area contributed by atoms with Crippen molar-refractivity contribution in [1.29, 1.82) is 0 Å². The molecule has 0 saturated carbocycles. The topological polar surface area (TPSA) is 66.8 Å². The molecular formula is C8H21MoO4PS2. The van der Waals surface area contributed by atoms with Crippen LogP contribution in [0.2, 0.25) is 0 Å². The van der Waals surface area contributed by atoms with Crippen LogP contribution in [-0.4, -0.2) is 16.4 Å². The number of phosphoric acid groups is 1. The van der Waals surface area contributed by atoms with Crippen molar-refractivity contribution >= 4 is 34.8 Å². The van der Waals surface area contributed by atoms with E-state index in [1.165, 1.54) is 0 Å². The van der Waals surface area contributed by atoms with Crippen molar-refractivity contribution in [3.05, 3.63) is 0 Å². The molecule has 0 rings (SSSR count). The smallest absolute Gasteiger partial charge is 0.813 e. The van der Waals surface area contributed by atoms with Crippen LogP contribution >= 0.6 is 7.82 Å². The van der Waals surface area contributed by atoms with E-state index in [9.17, 15) is 4.57 Å². The molecule has 0 aromatic heterocycles. The summed E-state index contributed by atoms with van der Waals surface area (Å²) in [5.74, 6) is 0.271. The molecule has 0 radical (unpaired) electrons. The molecule has 4 nitrogen and oxygen atoms in total. The molecule has 2 N–H and O–H groups in total. The van der Waals surface area contributed by atoms with Crippen LogP contribution in [0.15, 0.2) is 0 Å². The van der Waals surface area contributed by atoms with Crippen molar-refractivity contribution < 1.29 is 39.9 Å². The Balaban J connectivity index is -0.000000240. The molecule has 0 heterocycles. The quantitative estimate of drug-likeness (QED) is 0.307. The summed E-state index contributed by atoms with van der Waals surface area (Å²) in [6, 6.07) is 0. The van der Waals surface area contributed by atoms with Gasteiger partial charge in [0.25, 0.3) is 0 Å². The van der Waals surface area contributed by atoms with Crippen LogP contribution in [0.5, 0.6) is 0 Å². The molecular weight excluding hydrogens is 351 g/mol. The summed E-state index contributed by atoms with van der Waals surface area (Å²) in [7, 11) is -4.26. The molecule has 0 aromatic rings. The van der Waals surface area contributed by atoms with Gasteiger partial charge in [-0.15, -0.1) is 0 Å². The van der Waals surface area contributed by atoms with E-state index in [4.69, 9.17) is 9.79 Å². The van der Waals surface area contributed by atoms with E-state index in [0.717, 1.165) is 25.7 Å². The zero-order valence-electron chi connectivity index (χ0n) is 9.57. The van der Waals surface area contributed by atoms with Crippen molar-refractivity contribution in [2.45, 2.75) is 39.5 Å². The SMILES string of the molecule is CCCCC(CC)COP(=O)(O)O.[Mo+2].[SH-].[SH-]. The van der Waals surface area contributed by atoms with Gasteiger partial charge in [0, 0.05) is 0 Å². The van der Waals surface area contributed by atoms with Gasteiger partial charge >= 0.3 is 28.9 Å². The normalized spacial score (nSPS) is 11.8. The fraction of sp³-hybridized carbons (Fsp3) is 1.00. The zero-order valence-corrected chi connectivity index (χ0v) is 14.3. The number of rotatable bonds is 7. The van der Waals surface area contributed by atoms with Gasteiger partial charge in [-0.3, -0.25) is 4.52 Å². The predicted molar refractivity (Wildman–Crippen MR) is 68.8 cm³/mol. The Kier molecular flexibility index (Phi) is 23.8. The zero-order chi connectivity index (χ0) is 10.3. The van der Waals surface area contributed by atoms with Gasteiger partial charge < -0.3 is 36.8 Å². The molecule has 0 aliphatic rings. The Morgan fingerprint density at radius 3 is 2.06 bits per heavy atom. The Morgan fingerprint density at radius 1 is 1.25 bits per heavy atom. The first-order chi connectivity index (χ1) is 5.99. The summed E-state index contributed by atoms with van der Waals surface area (Å²) in [4.78, 5) is 17.0. The van der Waals surface area contributed by atoms with E-state index in [1.54, 1.807) is 0 Å². The summed E-state index contributed by atoms with van der Waals surface area (Å²) in [5.41, 5.74) is 0. The van der Waals surface area contributed by atoms with Gasteiger partial charge in [-0.1, -0.05) is 33.1 Å². The van der Waals surface area contributed by atoms with Crippen LogP contribution in [0.4, 0.5) is 0 Å². The Labute approximate surface area is 126 Å². The summed E-state index contributed by atoms with van der Waals surface area (Å²) in [6.45, 7) is 4.26. The molecule has 8 heteroatoms. The van der Waals surface area contributed by atoms with E-state index in [0.29, 0.717) is 0 Å². The predicted octanol–water partition coefficient (Wildman–Crippen LogP) is 1.77. The van der Waals surface area contributed by atoms with Crippen molar-refractivity contribution in [3.63, 3.8) is 0 Å². The summed E-state index contributed by atoms with van der Waals surface area (Å²) in [6.07, 6.45) is 4.07. The van der Waals surface area contributed by atoms with E-state index < -0.39 is 7.82 Å². The number of thiol groups is 2. The molecule has 100 valence electrons. The number of hydrogen-bond donors (Lipinski definition) is 2. The van der Waals surface area contributed by atoms with Crippen molar-refractivity contribution in [1.82, 2.24) is 0 Å². The van der Waals surface area contributed by atoms with E-state index in [1.807, 2.05) is 6.92 Å². The number of hydrogen-bond acceptors (Lipinski definition) is 4. The first kappa shape index (κ1) is 26.1. The van der Waals surface area contributed by atoms with Gasteiger partial charge in [0.15, 0.2) is 0 Å². The molecule has 0 aliphatic carbocycles. The van der Waals surface area contributed by atoms with E-state index in [-0.39, 0.29) is 60.6 Å². The summed E-state index contributed by atoms with van der Waals surface area (Å²) < 4.78 is 14.8. The average Bonchev–Trinajstić information content (AvgIpc) is 2.03. The van der Waals surface area contributed by atoms with Gasteiger partial charge in [0.05, 0.1) is 6.61 Å². The molecule has 16 heavy (non-hydrogen) atoms. The molecule has 0 aromatic carbocycles. The Bertz CT molecular complexity index is 179. The number of phosphoric ester groups is 1. The first-order valence-corrected chi connectivity index (χ1v) is 6.22. The van der Waals surface area contributed by atoms with Gasteiger partial charge in [0.1, 0.15) is 0 Å². The maximum atomic E-state index is 10.4. The second-order valence-corrected chi connectivity index (χ2v) is 4.44. The minimum absolute atomic E-state index is 0. The maximum Gasteiger partial charge on any atom is 2.00 e. The third-order valence-electron chi connectivity index (χ3n) is 2.02. The molecule has 1 unspecified atom stereocenters. The third-order valence-corrected chi connectivity index (χ3v) is 2.51. The standard InChI is InChI=1S/C8H19O4P.Mo.2H2S/c1-3-5-6-8(4-2)7-12-13(9,10)11;;;/h8H,3-7H2,1-2H3,(H2,9,10,11);;2*1H2/q;+2;;/p-2. The fourth-order valence-electron chi connectivity index (χ4n) is 1.10. The van der Waals surface area contributed by atoms with Crippen LogP contribution in [-0.2, 0) is 57.1 Å². The first-order valence-electron chi connectivity index (χ1n) is 4.69. The number of unbranched alkanes of at least 4 members (excludes halogenated alkanes) is 1. The molecule has 0 aliphatic heterocycles. The van der Waals surface area contributed by atoms with E-state index >= 15 is 0 Å². The fourth-order valence-corrected chi connectivity index (χ4v) is 1.51. The van der Waals surface area contributed by atoms with Crippen molar-refractivity contribution in [2.24, 2.45) is 5.92 Å². The van der Waals surface area contributed by atoms with Crippen molar-refractivity contribution in [3.8, 4) is 0 Å². The van der Waals surface area contributed by atoms with Crippen molar-refractivity contribution in [2.75, 3.05) is 6.61 Å². The maximum absolute atomic E-state index is 10.4. The second kappa shape index (κ2) is 14.6. The second-order valence-electron chi connectivity index (χ2n) is 3.20.